The van der Waals surface area contributed by atoms with Crippen LogP contribution in [0.1, 0.15) is 18.1 Å². The summed E-state index contributed by atoms with van der Waals surface area (Å²) in [5.41, 5.74) is 1.46. The van der Waals surface area contributed by atoms with Crippen LogP contribution >= 0.6 is 0 Å². The van der Waals surface area contributed by atoms with Crippen LogP contribution in [0.2, 0.25) is 0 Å². The minimum Gasteiger partial charge on any atom is -0.496 e. The molecule has 0 spiro atoms. The van der Waals surface area contributed by atoms with Crippen molar-refractivity contribution in [3.63, 3.8) is 0 Å². The average molecular weight is 280 g/mol. The molecule has 0 unspecified atom stereocenters. The van der Waals surface area contributed by atoms with Crippen molar-refractivity contribution in [1.29, 1.82) is 0 Å². The second kappa shape index (κ2) is 6.37. The van der Waals surface area contributed by atoms with Crippen LogP contribution in [0.3, 0.4) is 0 Å². The molecule has 0 saturated carbocycles. The number of ether oxygens (including phenoxy) is 2. The lowest BCUT2D eigenvalue weighted by Gasteiger charge is -2.12. The van der Waals surface area contributed by atoms with E-state index in [0.717, 1.165) is 5.56 Å². The molecule has 1 heterocycles. The van der Waals surface area contributed by atoms with E-state index in [4.69, 9.17) is 9.47 Å². The molecule has 5 nitrogen and oxygen atoms in total. The third kappa shape index (κ3) is 2.86. The predicted molar refractivity (Wildman–Crippen MR) is 74.3 cm³/mol. The Hall–Kier alpha value is -1.40. The summed E-state index contributed by atoms with van der Waals surface area (Å²) < 4.78 is 10.6. The number of methoxy groups -OCH3 is 1. The second-order valence-corrected chi connectivity index (χ2v) is 4.83. The molecule has 1 aromatic rings. The first-order chi connectivity index (χ1) is 9.58. The molecule has 1 aliphatic rings. The molecule has 0 amide bonds. The minimum atomic E-state index is -0.940. The monoisotopic (exact) mass is 280 g/mol. The fourth-order valence-electron chi connectivity index (χ4n) is 2.34. The SMILES string of the molecule is COc1cccc(/C=C/[C@H]2O[C@H](C)[C@@H](O)[C@H]2O)c1CO. The smallest absolute Gasteiger partial charge is 0.124 e. The van der Waals surface area contributed by atoms with E-state index in [1.165, 1.54) is 0 Å². The molecule has 0 aliphatic carbocycles. The second-order valence-electron chi connectivity index (χ2n) is 4.83. The Morgan fingerprint density at radius 2 is 2.05 bits per heavy atom. The Morgan fingerprint density at radius 3 is 2.60 bits per heavy atom. The van der Waals surface area contributed by atoms with E-state index in [0.29, 0.717) is 11.3 Å². The van der Waals surface area contributed by atoms with Crippen LogP contribution in [0.5, 0.6) is 5.75 Å². The summed E-state index contributed by atoms with van der Waals surface area (Å²) in [5, 5.41) is 28.9. The number of aliphatic hydroxyl groups is 3. The van der Waals surface area contributed by atoms with Gasteiger partial charge in [-0.1, -0.05) is 24.3 Å². The van der Waals surface area contributed by atoms with Gasteiger partial charge in [0, 0.05) is 5.56 Å². The maximum Gasteiger partial charge on any atom is 0.124 e. The van der Waals surface area contributed by atoms with Crippen LogP contribution in [-0.2, 0) is 11.3 Å². The number of hydrogen-bond acceptors (Lipinski definition) is 5. The first-order valence-corrected chi connectivity index (χ1v) is 6.55. The number of hydrogen-bond donors (Lipinski definition) is 3. The number of benzene rings is 1. The Balaban J connectivity index is 2.20. The summed E-state index contributed by atoms with van der Waals surface area (Å²) in [6, 6.07) is 5.43. The van der Waals surface area contributed by atoms with Crippen molar-refractivity contribution in [3.05, 3.63) is 35.4 Å². The Bertz CT molecular complexity index is 485. The largest absolute Gasteiger partial charge is 0.496 e. The van der Waals surface area contributed by atoms with Crippen molar-refractivity contribution in [2.45, 2.75) is 37.9 Å². The van der Waals surface area contributed by atoms with Crippen molar-refractivity contribution >= 4 is 6.08 Å². The normalized spacial score (nSPS) is 30.1. The first-order valence-electron chi connectivity index (χ1n) is 6.55. The topological polar surface area (TPSA) is 79.2 Å². The van der Waals surface area contributed by atoms with Gasteiger partial charge < -0.3 is 24.8 Å². The lowest BCUT2D eigenvalue weighted by molar-refractivity contribution is 0.0316. The summed E-state index contributed by atoms with van der Waals surface area (Å²) in [5.74, 6) is 0.607. The van der Waals surface area contributed by atoms with Gasteiger partial charge in [0.1, 0.15) is 24.1 Å². The van der Waals surface area contributed by atoms with Crippen LogP contribution < -0.4 is 4.74 Å². The maximum absolute atomic E-state index is 9.83. The molecular weight excluding hydrogens is 260 g/mol. The Kier molecular flexibility index (Phi) is 4.77. The summed E-state index contributed by atoms with van der Waals surface area (Å²) in [4.78, 5) is 0. The van der Waals surface area contributed by atoms with Gasteiger partial charge in [0.2, 0.25) is 0 Å². The molecular formula is C15H20O5. The molecule has 1 aliphatic heterocycles. The third-order valence-electron chi connectivity index (χ3n) is 3.55. The first kappa shape index (κ1) is 15.0. The fraction of sp³-hybridized carbons (Fsp3) is 0.467. The third-order valence-corrected chi connectivity index (χ3v) is 3.55. The zero-order chi connectivity index (χ0) is 14.7. The molecule has 4 atom stereocenters. The molecule has 0 radical (unpaired) electrons. The number of rotatable bonds is 4. The van der Waals surface area contributed by atoms with Gasteiger partial charge in [-0.3, -0.25) is 0 Å². The molecule has 2 rings (SSSR count). The lowest BCUT2D eigenvalue weighted by Crippen LogP contribution is -2.30. The highest BCUT2D eigenvalue weighted by Gasteiger charge is 2.38. The molecule has 0 aromatic heterocycles. The predicted octanol–water partition coefficient (Wildman–Crippen LogP) is 0.710. The molecule has 0 bridgehead atoms. The molecule has 1 fully saturated rings. The molecule has 3 N–H and O–H groups in total. The van der Waals surface area contributed by atoms with Gasteiger partial charge in [0.25, 0.3) is 0 Å². The summed E-state index contributed by atoms with van der Waals surface area (Å²) in [6.07, 6.45) is 0.662. The van der Waals surface area contributed by atoms with Crippen molar-refractivity contribution < 1.29 is 24.8 Å². The molecule has 5 heteroatoms. The van der Waals surface area contributed by atoms with Gasteiger partial charge in [-0.15, -0.1) is 0 Å². The van der Waals surface area contributed by atoms with E-state index in [-0.39, 0.29) is 6.61 Å². The van der Waals surface area contributed by atoms with E-state index in [2.05, 4.69) is 0 Å². The highest BCUT2D eigenvalue weighted by atomic mass is 16.5. The zero-order valence-corrected chi connectivity index (χ0v) is 11.6. The maximum atomic E-state index is 9.83. The highest BCUT2D eigenvalue weighted by molar-refractivity contribution is 5.58. The fourth-order valence-corrected chi connectivity index (χ4v) is 2.34. The van der Waals surface area contributed by atoms with Crippen LogP contribution in [-0.4, -0.2) is 46.8 Å². The number of aliphatic hydroxyl groups excluding tert-OH is 3. The Morgan fingerprint density at radius 1 is 1.30 bits per heavy atom. The van der Waals surface area contributed by atoms with Gasteiger partial charge in [0.15, 0.2) is 0 Å². The van der Waals surface area contributed by atoms with Crippen molar-refractivity contribution in [2.24, 2.45) is 0 Å². The lowest BCUT2D eigenvalue weighted by atomic mass is 10.0. The van der Waals surface area contributed by atoms with Crippen LogP contribution in [0, 0.1) is 0 Å². The van der Waals surface area contributed by atoms with E-state index in [1.54, 1.807) is 32.3 Å². The summed E-state index contributed by atoms with van der Waals surface area (Å²) in [6.45, 7) is 1.57. The Labute approximate surface area is 118 Å². The van der Waals surface area contributed by atoms with Crippen molar-refractivity contribution in [1.82, 2.24) is 0 Å². The average Bonchev–Trinajstić information content (AvgIpc) is 2.71. The minimum absolute atomic E-state index is 0.142. The highest BCUT2D eigenvalue weighted by Crippen LogP contribution is 2.26. The van der Waals surface area contributed by atoms with Gasteiger partial charge in [-0.2, -0.15) is 0 Å². The molecule has 1 aromatic carbocycles. The quantitative estimate of drug-likeness (QED) is 0.757. The van der Waals surface area contributed by atoms with Crippen LogP contribution in [0.4, 0.5) is 0 Å². The standard InChI is InChI=1S/C15H20O5/c1-9-14(17)15(18)13(20-9)7-6-10-4-3-5-12(19-2)11(10)8-16/h3-7,9,13-18H,8H2,1-2H3/b7-6+/t9-,13-,14-,15+/m1/s1. The molecule has 110 valence electrons. The van der Waals surface area contributed by atoms with Crippen LogP contribution in [0.25, 0.3) is 6.08 Å². The van der Waals surface area contributed by atoms with Crippen LogP contribution in [0.15, 0.2) is 24.3 Å². The van der Waals surface area contributed by atoms with Gasteiger partial charge >= 0.3 is 0 Å². The van der Waals surface area contributed by atoms with E-state index >= 15 is 0 Å². The van der Waals surface area contributed by atoms with Crippen molar-refractivity contribution in [2.75, 3.05) is 7.11 Å². The van der Waals surface area contributed by atoms with E-state index in [9.17, 15) is 15.3 Å². The molecule has 20 heavy (non-hydrogen) atoms. The van der Waals surface area contributed by atoms with Crippen molar-refractivity contribution in [3.8, 4) is 5.75 Å². The summed E-state index contributed by atoms with van der Waals surface area (Å²) in [7, 11) is 1.55. The van der Waals surface area contributed by atoms with Gasteiger partial charge in [-0.25, -0.2) is 0 Å². The molecule has 1 saturated heterocycles. The van der Waals surface area contributed by atoms with E-state index < -0.39 is 24.4 Å². The van der Waals surface area contributed by atoms with Gasteiger partial charge in [0.05, 0.1) is 19.8 Å². The van der Waals surface area contributed by atoms with Gasteiger partial charge in [-0.05, 0) is 18.6 Å². The summed E-state index contributed by atoms with van der Waals surface area (Å²) >= 11 is 0. The zero-order valence-electron chi connectivity index (χ0n) is 11.6. The van der Waals surface area contributed by atoms with E-state index in [1.807, 2.05) is 12.1 Å².